The van der Waals surface area contributed by atoms with Crippen LogP contribution >= 0.6 is 0 Å². The van der Waals surface area contributed by atoms with E-state index in [9.17, 15) is 0 Å². The molecule has 1 unspecified atom stereocenters. The van der Waals surface area contributed by atoms with E-state index >= 15 is 0 Å². The molecule has 1 aliphatic heterocycles. The highest BCUT2D eigenvalue weighted by atomic mass is 16.5. The average molecular weight is 168 g/mol. The third-order valence-corrected chi connectivity index (χ3v) is 1.75. The summed E-state index contributed by atoms with van der Waals surface area (Å²) < 4.78 is 10.8. The van der Waals surface area contributed by atoms with Gasteiger partial charge in [0.15, 0.2) is 0 Å². The van der Waals surface area contributed by atoms with Crippen molar-refractivity contribution in [2.45, 2.75) is 25.9 Å². The van der Waals surface area contributed by atoms with Gasteiger partial charge in [0.05, 0.1) is 19.5 Å². The Morgan fingerprint density at radius 2 is 2.50 bits per heavy atom. The molecule has 0 N–H and O–H groups in total. The minimum atomic E-state index is -0.143. The van der Waals surface area contributed by atoms with Crippen molar-refractivity contribution in [2.24, 2.45) is 0 Å². The lowest BCUT2D eigenvalue weighted by atomic mass is 10.1. The number of hydrogen-bond acceptors (Lipinski definition) is 2. The summed E-state index contributed by atoms with van der Waals surface area (Å²) in [6, 6.07) is 0. The van der Waals surface area contributed by atoms with Crippen molar-refractivity contribution in [3.8, 4) is 0 Å². The monoisotopic (exact) mass is 168 g/mol. The first kappa shape index (κ1) is 9.33. The molecular weight excluding hydrogens is 152 g/mol. The Bertz CT molecular complexity index is 186. The first-order valence-corrected chi connectivity index (χ1v) is 4.17. The van der Waals surface area contributed by atoms with Gasteiger partial charge in [-0.15, -0.1) is 0 Å². The van der Waals surface area contributed by atoms with Gasteiger partial charge in [-0.1, -0.05) is 12.2 Å². The van der Waals surface area contributed by atoms with Crippen LogP contribution in [0.25, 0.3) is 0 Å². The Morgan fingerprint density at radius 3 is 3.00 bits per heavy atom. The summed E-state index contributed by atoms with van der Waals surface area (Å²) in [5, 5.41) is 0. The maximum Gasteiger partial charge on any atom is 0.132 e. The Hall–Kier alpha value is -0.760. The molecule has 2 nitrogen and oxygen atoms in total. The van der Waals surface area contributed by atoms with Crippen LogP contribution in [0.2, 0.25) is 0 Å². The minimum Gasteiger partial charge on any atom is -0.493 e. The normalized spacial score (nSPS) is 27.2. The molecule has 0 spiro atoms. The molecule has 0 saturated carbocycles. The second-order valence-electron chi connectivity index (χ2n) is 3.59. The molecule has 68 valence electrons. The van der Waals surface area contributed by atoms with Crippen LogP contribution in [0.15, 0.2) is 24.5 Å². The molecule has 0 aromatic rings. The van der Waals surface area contributed by atoms with Crippen LogP contribution in [-0.4, -0.2) is 18.8 Å². The molecule has 1 rings (SSSR count). The van der Waals surface area contributed by atoms with Crippen LogP contribution in [0, 0.1) is 0 Å². The molecule has 0 bridgehead atoms. The lowest BCUT2D eigenvalue weighted by molar-refractivity contribution is -0.0223. The van der Waals surface area contributed by atoms with E-state index in [4.69, 9.17) is 9.47 Å². The van der Waals surface area contributed by atoms with Crippen LogP contribution in [-0.2, 0) is 9.47 Å². The molecular formula is C10H16O2. The highest BCUT2D eigenvalue weighted by Crippen LogP contribution is 2.22. The number of rotatable bonds is 4. The van der Waals surface area contributed by atoms with Crippen LogP contribution in [0.4, 0.5) is 0 Å². The second kappa shape index (κ2) is 3.76. The van der Waals surface area contributed by atoms with Crippen LogP contribution in [0.5, 0.6) is 0 Å². The van der Waals surface area contributed by atoms with E-state index in [0.717, 1.165) is 12.0 Å². The quantitative estimate of drug-likeness (QED) is 0.599. The van der Waals surface area contributed by atoms with Crippen molar-refractivity contribution in [2.75, 3.05) is 13.2 Å². The first-order chi connectivity index (χ1) is 5.62. The summed E-state index contributed by atoms with van der Waals surface area (Å²) in [4.78, 5) is 0. The van der Waals surface area contributed by atoms with Gasteiger partial charge in [0.25, 0.3) is 0 Å². The molecule has 0 aromatic carbocycles. The minimum absolute atomic E-state index is 0.143. The van der Waals surface area contributed by atoms with E-state index in [1.807, 2.05) is 19.9 Å². The third-order valence-electron chi connectivity index (χ3n) is 1.75. The molecule has 0 aliphatic carbocycles. The lowest BCUT2D eigenvalue weighted by Crippen LogP contribution is -2.29. The van der Waals surface area contributed by atoms with Crippen molar-refractivity contribution in [1.82, 2.24) is 0 Å². The van der Waals surface area contributed by atoms with Crippen molar-refractivity contribution >= 4 is 0 Å². The largest absolute Gasteiger partial charge is 0.493 e. The SMILES string of the molecule is C=C(C)COCC1(C)CC=CO1. The van der Waals surface area contributed by atoms with E-state index in [2.05, 4.69) is 6.58 Å². The van der Waals surface area contributed by atoms with E-state index in [1.54, 1.807) is 6.26 Å². The van der Waals surface area contributed by atoms with Crippen LogP contribution < -0.4 is 0 Å². The fraction of sp³-hybridized carbons (Fsp3) is 0.600. The molecule has 0 amide bonds. The highest BCUT2D eigenvalue weighted by Gasteiger charge is 2.27. The van der Waals surface area contributed by atoms with Crippen LogP contribution in [0.3, 0.4) is 0 Å². The topological polar surface area (TPSA) is 18.5 Å². The van der Waals surface area contributed by atoms with Gasteiger partial charge < -0.3 is 9.47 Å². The van der Waals surface area contributed by atoms with Gasteiger partial charge in [-0.3, -0.25) is 0 Å². The molecule has 12 heavy (non-hydrogen) atoms. The van der Waals surface area contributed by atoms with Gasteiger partial charge >= 0.3 is 0 Å². The molecule has 1 aliphatic rings. The van der Waals surface area contributed by atoms with Crippen molar-refractivity contribution in [1.29, 1.82) is 0 Å². The van der Waals surface area contributed by atoms with Crippen molar-refractivity contribution < 1.29 is 9.47 Å². The maximum absolute atomic E-state index is 5.42. The molecule has 0 saturated heterocycles. The Balaban J connectivity index is 2.18. The summed E-state index contributed by atoms with van der Waals surface area (Å²) in [5.74, 6) is 0. The standard InChI is InChI=1S/C10H16O2/c1-9(2)7-11-8-10(3)5-4-6-12-10/h4,6H,1,5,7-8H2,2-3H3. The summed E-state index contributed by atoms with van der Waals surface area (Å²) in [6.45, 7) is 9.02. The molecule has 0 aromatic heterocycles. The predicted molar refractivity (Wildman–Crippen MR) is 48.9 cm³/mol. The fourth-order valence-electron chi connectivity index (χ4n) is 1.09. The fourth-order valence-corrected chi connectivity index (χ4v) is 1.09. The average Bonchev–Trinajstić information content (AvgIpc) is 2.35. The van der Waals surface area contributed by atoms with Gasteiger partial charge in [-0.25, -0.2) is 0 Å². The van der Waals surface area contributed by atoms with Gasteiger partial charge in [0, 0.05) is 6.42 Å². The van der Waals surface area contributed by atoms with Gasteiger partial charge in [0.2, 0.25) is 0 Å². The van der Waals surface area contributed by atoms with Gasteiger partial charge in [-0.05, 0) is 19.9 Å². The summed E-state index contributed by atoms with van der Waals surface area (Å²) >= 11 is 0. The maximum atomic E-state index is 5.42. The van der Waals surface area contributed by atoms with Gasteiger partial charge in [0.1, 0.15) is 5.60 Å². The van der Waals surface area contributed by atoms with Crippen LogP contribution in [0.1, 0.15) is 20.3 Å². The summed E-state index contributed by atoms with van der Waals surface area (Å²) in [7, 11) is 0. The van der Waals surface area contributed by atoms with E-state index < -0.39 is 0 Å². The number of hydrogen-bond donors (Lipinski definition) is 0. The van der Waals surface area contributed by atoms with E-state index in [1.165, 1.54) is 0 Å². The van der Waals surface area contributed by atoms with E-state index in [0.29, 0.717) is 13.2 Å². The third kappa shape index (κ3) is 2.70. The molecule has 1 heterocycles. The Morgan fingerprint density at radius 1 is 1.75 bits per heavy atom. The Kier molecular flexibility index (Phi) is 2.93. The van der Waals surface area contributed by atoms with Crippen molar-refractivity contribution in [3.63, 3.8) is 0 Å². The lowest BCUT2D eigenvalue weighted by Gasteiger charge is -2.23. The van der Waals surface area contributed by atoms with Gasteiger partial charge in [-0.2, -0.15) is 0 Å². The van der Waals surface area contributed by atoms with Crippen molar-refractivity contribution in [3.05, 3.63) is 24.5 Å². The molecule has 0 radical (unpaired) electrons. The Labute approximate surface area is 73.9 Å². The predicted octanol–water partition coefficient (Wildman–Crippen LogP) is 2.27. The first-order valence-electron chi connectivity index (χ1n) is 4.17. The summed E-state index contributed by atoms with van der Waals surface area (Å²) in [5.41, 5.74) is 0.902. The smallest absolute Gasteiger partial charge is 0.132 e. The zero-order valence-electron chi connectivity index (χ0n) is 7.80. The molecule has 2 heteroatoms. The zero-order valence-corrected chi connectivity index (χ0v) is 7.80. The van der Waals surface area contributed by atoms with E-state index in [-0.39, 0.29) is 5.60 Å². The summed E-state index contributed by atoms with van der Waals surface area (Å²) in [6.07, 6.45) is 4.69. The number of ether oxygens (including phenoxy) is 2. The highest BCUT2D eigenvalue weighted by molar-refractivity contribution is 4.96. The molecule has 0 fully saturated rings. The zero-order chi connectivity index (χ0) is 9.03. The second-order valence-corrected chi connectivity index (χ2v) is 3.59. The molecule has 1 atom stereocenters.